The van der Waals surface area contributed by atoms with Crippen LogP contribution in [0.25, 0.3) is 22.0 Å². The number of nitrogens with zero attached hydrogens (tertiary/aromatic N) is 2. The third kappa shape index (κ3) is 3.78. The first-order valence-electron chi connectivity index (χ1n) is 7.66. The van der Waals surface area contributed by atoms with Gasteiger partial charge in [0.1, 0.15) is 6.54 Å². The molecule has 0 spiro atoms. The number of H-pyrrole nitrogens is 1. The van der Waals surface area contributed by atoms with E-state index in [4.69, 9.17) is 0 Å². The second-order valence-electron chi connectivity index (χ2n) is 5.51. The minimum absolute atomic E-state index is 0.179. The zero-order valence-corrected chi connectivity index (χ0v) is 13.3. The summed E-state index contributed by atoms with van der Waals surface area (Å²) in [5.41, 5.74) is 1.99. The molecule has 0 saturated carbocycles. The number of hydrogen-bond acceptors (Lipinski definition) is 4. The van der Waals surface area contributed by atoms with E-state index >= 15 is 0 Å². The number of rotatable bonds is 4. The maximum Gasteiger partial charge on any atom is 0.405 e. The molecule has 2 aromatic heterocycles. The average molecular weight is 348 g/mol. The lowest BCUT2D eigenvalue weighted by atomic mass is 10.0. The lowest BCUT2D eigenvalue weighted by molar-refractivity contribution is -0.115. The van der Waals surface area contributed by atoms with Gasteiger partial charge in [-0.2, -0.15) is 13.2 Å². The highest BCUT2D eigenvalue weighted by Gasteiger charge is 2.27. The van der Waals surface area contributed by atoms with Gasteiger partial charge in [0.15, 0.2) is 0 Å². The Kier molecular flexibility index (Phi) is 4.43. The van der Waals surface area contributed by atoms with E-state index in [-0.39, 0.29) is 11.5 Å². The minimum Gasteiger partial charge on any atom is -0.345 e. The Balaban J connectivity index is 2.09. The quantitative estimate of drug-likeness (QED) is 0.757. The van der Waals surface area contributed by atoms with Crippen molar-refractivity contribution in [2.45, 2.75) is 19.5 Å². The molecule has 2 N–H and O–H groups in total. The number of aromatic amines is 1. The molecule has 0 atom stereocenters. The predicted molar refractivity (Wildman–Crippen MR) is 89.5 cm³/mol. The van der Waals surface area contributed by atoms with Crippen LogP contribution in [0.4, 0.5) is 19.1 Å². The molecule has 2 heterocycles. The van der Waals surface area contributed by atoms with Gasteiger partial charge < -0.3 is 10.3 Å². The summed E-state index contributed by atoms with van der Waals surface area (Å²) in [4.78, 5) is 22.9. The number of halogens is 3. The third-order valence-corrected chi connectivity index (χ3v) is 3.74. The highest BCUT2D eigenvalue weighted by atomic mass is 19.4. The standard InChI is InChI=1S/C17H15F3N4O/c1-2-10-3-5-11(6-4-10)13-14-12(7-21-15(13)25)8-22-16(24-14)23-9-17(18,19)20/h3-8H,2,9H2,1H3,(H,21,25)(H,22,23,24). The van der Waals surface area contributed by atoms with Crippen LogP contribution in [0.3, 0.4) is 0 Å². The average Bonchev–Trinajstić information content (AvgIpc) is 2.59. The number of aryl methyl sites for hydroxylation is 1. The number of anilines is 1. The van der Waals surface area contributed by atoms with Crippen LogP contribution in [0.2, 0.25) is 0 Å². The van der Waals surface area contributed by atoms with Crippen LogP contribution >= 0.6 is 0 Å². The van der Waals surface area contributed by atoms with Crippen molar-refractivity contribution in [2.75, 3.05) is 11.9 Å². The maximum absolute atomic E-state index is 12.4. The van der Waals surface area contributed by atoms with Crippen LogP contribution in [0.1, 0.15) is 12.5 Å². The van der Waals surface area contributed by atoms with Crippen LogP contribution in [-0.2, 0) is 6.42 Å². The topological polar surface area (TPSA) is 70.7 Å². The van der Waals surface area contributed by atoms with Crippen molar-refractivity contribution in [3.8, 4) is 11.1 Å². The van der Waals surface area contributed by atoms with Crippen LogP contribution in [0.15, 0.2) is 41.5 Å². The van der Waals surface area contributed by atoms with Gasteiger partial charge in [0, 0.05) is 17.8 Å². The molecule has 0 bridgehead atoms. The van der Waals surface area contributed by atoms with Crippen molar-refractivity contribution in [2.24, 2.45) is 0 Å². The van der Waals surface area contributed by atoms with Crippen LogP contribution < -0.4 is 10.9 Å². The van der Waals surface area contributed by atoms with Crippen molar-refractivity contribution < 1.29 is 13.2 Å². The highest BCUT2D eigenvalue weighted by Crippen LogP contribution is 2.24. The lowest BCUT2D eigenvalue weighted by Crippen LogP contribution is -2.22. The number of aromatic nitrogens is 3. The van der Waals surface area contributed by atoms with Gasteiger partial charge in [-0.15, -0.1) is 0 Å². The van der Waals surface area contributed by atoms with E-state index in [1.54, 1.807) is 12.1 Å². The molecule has 3 rings (SSSR count). The first-order chi connectivity index (χ1) is 11.9. The smallest absolute Gasteiger partial charge is 0.345 e. The monoisotopic (exact) mass is 348 g/mol. The number of alkyl halides is 3. The van der Waals surface area contributed by atoms with E-state index in [1.165, 1.54) is 12.4 Å². The molecule has 1 aromatic carbocycles. The van der Waals surface area contributed by atoms with Crippen molar-refractivity contribution in [1.29, 1.82) is 0 Å². The Labute approximate surface area is 140 Å². The van der Waals surface area contributed by atoms with Crippen molar-refractivity contribution in [3.63, 3.8) is 0 Å². The van der Waals surface area contributed by atoms with E-state index in [9.17, 15) is 18.0 Å². The molecule has 3 aromatic rings. The van der Waals surface area contributed by atoms with Crippen molar-refractivity contribution in [3.05, 3.63) is 52.6 Å². The van der Waals surface area contributed by atoms with Crippen molar-refractivity contribution >= 4 is 16.9 Å². The molecule has 130 valence electrons. The SMILES string of the molecule is CCc1ccc(-c2c(=O)[nH]cc3cnc(NCC(F)(F)F)nc23)cc1. The highest BCUT2D eigenvalue weighted by molar-refractivity contribution is 5.92. The van der Waals surface area contributed by atoms with Gasteiger partial charge in [-0.3, -0.25) is 4.79 Å². The second-order valence-corrected chi connectivity index (χ2v) is 5.51. The molecule has 0 aliphatic carbocycles. The predicted octanol–water partition coefficient (Wildman–Crippen LogP) is 3.52. The minimum atomic E-state index is -4.38. The number of pyridine rings is 1. The fraction of sp³-hybridized carbons (Fsp3) is 0.235. The van der Waals surface area contributed by atoms with E-state index in [0.29, 0.717) is 22.0 Å². The van der Waals surface area contributed by atoms with E-state index in [0.717, 1.165) is 12.0 Å². The molecule has 8 heteroatoms. The molecule has 0 unspecified atom stereocenters. The zero-order valence-electron chi connectivity index (χ0n) is 13.3. The Bertz CT molecular complexity index is 949. The number of nitrogens with one attached hydrogen (secondary N) is 2. The van der Waals surface area contributed by atoms with Crippen molar-refractivity contribution in [1.82, 2.24) is 15.0 Å². The van der Waals surface area contributed by atoms with Crippen LogP contribution in [0.5, 0.6) is 0 Å². The molecular formula is C17H15F3N4O. The summed E-state index contributed by atoms with van der Waals surface area (Å²) in [6.07, 6.45) is -0.707. The summed E-state index contributed by atoms with van der Waals surface area (Å²) in [5.74, 6) is -0.179. The van der Waals surface area contributed by atoms with Crippen LogP contribution in [-0.4, -0.2) is 27.7 Å². The fourth-order valence-corrected chi connectivity index (χ4v) is 2.46. The summed E-state index contributed by atoms with van der Waals surface area (Å²) < 4.78 is 37.1. The summed E-state index contributed by atoms with van der Waals surface area (Å²) >= 11 is 0. The summed E-state index contributed by atoms with van der Waals surface area (Å²) in [5, 5.41) is 2.67. The first kappa shape index (κ1) is 16.9. The Morgan fingerprint density at radius 1 is 1.20 bits per heavy atom. The second kappa shape index (κ2) is 6.54. The van der Waals surface area contributed by atoms with Gasteiger partial charge in [-0.1, -0.05) is 31.2 Å². The molecule has 0 fully saturated rings. The van der Waals surface area contributed by atoms with Gasteiger partial charge >= 0.3 is 6.18 Å². The first-order valence-corrected chi connectivity index (χ1v) is 7.66. The van der Waals surface area contributed by atoms with E-state index < -0.39 is 12.7 Å². The van der Waals surface area contributed by atoms with E-state index in [2.05, 4.69) is 20.3 Å². The lowest BCUT2D eigenvalue weighted by Gasteiger charge is -2.10. The summed E-state index contributed by atoms with van der Waals surface area (Å²) in [7, 11) is 0. The fourth-order valence-electron chi connectivity index (χ4n) is 2.46. The number of hydrogen-bond donors (Lipinski definition) is 2. The van der Waals surface area contributed by atoms with Gasteiger partial charge in [-0.05, 0) is 17.5 Å². The zero-order chi connectivity index (χ0) is 18.0. The molecular weight excluding hydrogens is 333 g/mol. The number of benzene rings is 1. The number of fused-ring (bicyclic) bond motifs is 1. The van der Waals surface area contributed by atoms with Gasteiger partial charge in [0.05, 0.1) is 11.1 Å². The molecule has 5 nitrogen and oxygen atoms in total. The van der Waals surface area contributed by atoms with Gasteiger partial charge in [0.25, 0.3) is 5.56 Å². The molecule has 0 aliphatic rings. The largest absolute Gasteiger partial charge is 0.405 e. The normalized spacial score (nSPS) is 11.7. The Hall–Kier alpha value is -2.90. The summed E-state index contributed by atoms with van der Waals surface area (Å²) in [6.45, 7) is 0.772. The van der Waals surface area contributed by atoms with Gasteiger partial charge in [-0.25, -0.2) is 9.97 Å². The van der Waals surface area contributed by atoms with Crippen LogP contribution in [0, 0.1) is 0 Å². The molecule has 0 radical (unpaired) electrons. The molecule has 0 aliphatic heterocycles. The van der Waals surface area contributed by atoms with E-state index in [1.807, 2.05) is 19.1 Å². The summed E-state index contributed by atoms with van der Waals surface area (Å²) in [6, 6.07) is 7.40. The van der Waals surface area contributed by atoms with Gasteiger partial charge in [0.2, 0.25) is 5.95 Å². The Morgan fingerprint density at radius 3 is 2.56 bits per heavy atom. The Morgan fingerprint density at radius 2 is 1.92 bits per heavy atom. The molecule has 0 amide bonds. The molecule has 25 heavy (non-hydrogen) atoms. The molecule has 0 saturated heterocycles. The third-order valence-electron chi connectivity index (χ3n) is 3.74. The maximum atomic E-state index is 12.4.